The van der Waals surface area contributed by atoms with Gasteiger partial charge in [0.05, 0.1) is 18.8 Å². The summed E-state index contributed by atoms with van der Waals surface area (Å²) in [5.74, 6) is 0.671. The molecule has 4 heteroatoms. The van der Waals surface area contributed by atoms with Crippen LogP contribution in [0, 0.1) is 5.92 Å². The molecule has 4 nitrogen and oxygen atoms in total. The lowest BCUT2D eigenvalue weighted by molar-refractivity contribution is -0.0102. The van der Waals surface area contributed by atoms with Gasteiger partial charge in [0, 0.05) is 32.0 Å². The monoisotopic (exact) mass is 296 g/mol. The van der Waals surface area contributed by atoms with Crippen LogP contribution in [0.5, 0.6) is 0 Å². The van der Waals surface area contributed by atoms with Gasteiger partial charge in [0.15, 0.2) is 0 Å². The summed E-state index contributed by atoms with van der Waals surface area (Å²) in [4.78, 5) is 2.32. The van der Waals surface area contributed by atoms with Crippen LogP contribution in [0.4, 0.5) is 0 Å². The van der Waals surface area contributed by atoms with E-state index in [1.807, 2.05) is 13.8 Å². The zero-order valence-electron chi connectivity index (χ0n) is 14.2. The summed E-state index contributed by atoms with van der Waals surface area (Å²) < 4.78 is 7.65. The molecule has 21 heavy (non-hydrogen) atoms. The van der Waals surface area contributed by atoms with Crippen molar-refractivity contribution >= 4 is 0 Å². The predicted molar refractivity (Wildman–Crippen MR) is 87.2 cm³/mol. The fraction of sp³-hybridized carbons (Fsp3) is 0.765. The maximum Gasteiger partial charge on any atom is 0.0900 e. The van der Waals surface area contributed by atoms with Crippen LogP contribution >= 0.6 is 0 Å². The molecular weight excluding hydrogens is 264 g/mol. The second kappa shape index (κ2) is 9.23. The van der Waals surface area contributed by atoms with Crippen molar-refractivity contribution in [2.45, 2.75) is 52.9 Å². The Balaban J connectivity index is 2.53. The quantitative estimate of drug-likeness (QED) is 0.721. The van der Waals surface area contributed by atoms with Gasteiger partial charge in [0.25, 0.3) is 0 Å². The van der Waals surface area contributed by atoms with Crippen LogP contribution < -0.4 is 0 Å². The van der Waals surface area contributed by atoms with E-state index < -0.39 is 6.10 Å². The van der Waals surface area contributed by atoms with E-state index in [2.05, 4.69) is 48.7 Å². The molecule has 0 amide bonds. The number of aromatic nitrogens is 1. The molecule has 1 aromatic rings. The van der Waals surface area contributed by atoms with Crippen molar-refractivity contribution in [1.29, 1.82) is 0 Å². The van der Waals surface area contributed by atoms with E-state index in [0.29, 0.717) is 19.1 Å². The third-order valence-electron chi connectivity index (χ3n) is 3.55. The number of hydrogen-bond donors (Lipinski definition) is 1. The average molecular weight is 296 g/mol. The number of rotatable bonds is 10. The Kier molecular flexibility index (Phi) is 8.01. The maximum atomic E-state index is 10.2. The van der Waals surface area contributed by atoms with Crippen molar-refractivity contribution in [2.75, 3.05) is 19.7 Å². The van der Waals surface area contributed by atoms with E-state index in [0.717, 1.165) is 19.5 Å². The van der Waals surface area contributed by atoms with E-state index in [1.165, 1.54) is 5.69 Å². The van der Waals surface area contributed by atoms with Crippen LogP contribution in [0.3, 0.4) is 0 Å². The molecule has 1 aromatic heterocycles. The number of aliphatic hydroxyl groups excluding tert-OH is 1. The van der Waals surface area contributed by atoms with Gasteiger partial charge in [0.2, 0.25) is 0 Å². The first-order valence-electron chi connectivity index (χ1n) is 8.00. The van der Waals surface area contributed by atoms with Gasteiger partial charge in [-0.1, -0.05) is 13.8 Å². The van der Waals surface area contributed by atoms with Crippen LogP contribution in [0.1, 0.15) is 39.8 Å². The standard InChI is InChI=1S/C17H32N2O2/c1-14(2)8-10-19(11-16-7-6-9-18(16)5)12-17(20)13-21-15(3)4/h6-7,9,14-15,17,20H,8,10-13H2,1-5H3/t17-/m1/s1. The molecule has 1 heterocycles. The van der Waals surface area contributed by atoms with Crippen LogP contribution in [-0.4, -0.2) is 46.5 Å². The van der Waals surface area contributed by atoms with E-state index >= 15 is 0 Å². The molecular formula is C17H32N2O2. The minimum Gasteiger partial charge on any atom is -0.389 e. The molecule has 0 aliphatic heterocycles. The molecule has 0 unspecified atom stereocenters. The summed E-state index contributed by atoms with van der Waals surface area (Å²) in [6.07, 6.45) is 2.94. The van der Waals surface area contributed by atoms with Crippen molar-refractivity contribution in [1.82, 2.24) is 9.47 Å². The highest BCUT2D eigenvalue weighted by Crippen LogP contribution is 2.09. The largest absolute Gasteiger partial charge is 0.389 e. The third-order valence-corrected chi connectivity index (χ3v) is 3.55. The lowest BCUT2D eigenvalue weighted by atomic mass is 10.1. The summed E-state index contributed by atoms with van der Waals surface area (Å²) in [5, 5.41) is 10.2. The van der Waals surface area contributed by atoms with Gasteiger partial charge in [0.1, 0.15) is 0 Å². The number of aryl methyl sites for hydroxylation is 1. The normalized spacial score (nSPS) is 13.6. The molecule has 0 bridgehead atoms. The highest BCUT2D eigenvalue weighted by Gasteiger charge is 2.14. The maximum absolute atomic E-state index is 10.2. The first-order chi connectivity index (χ1) is 9.88. The summed E-state index contributed by atoms with van der Waals surface area (Å²) in [5.41, 5.74) is 1.27. The lowest BCUT2D eigenvalue weighted by Crippen LogP contribution is -2.36. The number of nitrogens with zero attached hydrogens (tertiary/aromatic N) is 2. The Morgan fingerprint density at radius 2 is 2.00 bits per heavy atom. The van der Waals surface area contributed by atoms with Gasteiger partial charge in [-0.2, -0.15) is 0 Å². The number of hydrogen-bond acceptors (Lipinski definition) is 3. The van der Waals surface area contributed by atoms with Crippen LogP contribution in [0.2, 0.25) is 0 Å². The predicted octanol–water partition coefficient (Wildman–Crippen LogP) is 2.66. The van der Waals surface area contributed by atoms with Crippen molar-refractivity contribution in [3.63, 3.8) is 0 Å². The SMILES string of the molecule is CC(C)CCN(Cc1cccn1C)C[C@@H](O)COC(C)C. The van der Waals surface area contributed by atoms with Crippen molar-refractivity contribution in [3.05, 3.63) is 24.0 Å². The Bertz CT molecular complexity index is 388. The van der Waals surface area contributed by atoms with Gasteiger partial charge >= 0.3 is 0 Å². The molecule has 122 valence electrons. The lowest BCUT2D eigenvalue weighted by Gasteiger charge is -2.26. The fourth-order valence-corrected chi connectivity index (χ4v) is 2.22. The Morgan fingerprint density at radius 3 is 2.52 bits per heavy atom. The minimum atomic E-state index is -0.431. The fourth-order valence-electron chi connectivity index (χ4n) is 2.22. The number of aliphatic hydroxyl groups is 1. The molecule has 0 saturated heterocycles. The Hall–Kier alpha value is -0.840. The van der Waals surface area contributed by atoms with Gasteiger partial charge in [-0.15, -0.1) is 0 Å². The van der Waals surface area contributed by atoms with E-state index in [9.17, 15) is 5.11 Å². The molecule has 1 atom stereocenters. The van der Waals surface area contributed by atoms with E-state index in [4.69, 9.17) is 4.74 Å². The van der Waals surface area contributed by atoms with Crippen molar-refractivity contribution in [3.8, 4) is 0 Å². The first-order valence-corrected chi connectivity index (χ1v) is 8.00. The van der Waals surface area contributed by atoms with Gasteiger partial charge in [-0.25, -0.2) is 0 Å². The molecule has 0 fully saturated rings. The molecule has 1 rings (SSSR count). The second-order valence-corrected chi connectivity index (χ2v) is 6.56. The van der Waals surface area contributed by atoms with Gasteiger partial charge < -0.3 is 14.4 Å². The second-order valence-electron chi connectivity index (χ2n) is 6.56. The summed E-state index contributed by atoms with van der Waals surface area (Å²) in [7, 11) is 2.06. The first kappa shape index (κ1) is 18.2. The van der Waals surface area contributed by atoms with Crippen LogP contribution in [0.25, 0.3) is 0 Å². The highest BCUT2D eigenvalue weighted by atomic mass is 16.5. The molecule has 0 saturated carbocycles. The summed E-state index contributed by atoms with van der Waals surface area (Å²) in [6, 6.07) is 4.20. The van der Waals surface area contributed by atoms with Gasteiger partial charge in [-0.3, -0.25) is 4.90 Å². The zero-order chi connectivity index (χ0) is 15.8. The van der Waals surface area contributed by atoms with E-state index in [-0.39, 0.29) is 6.10 Å². The molecule has 0 spiro atoms. The Morgan fingerprint density at radius 1 is 1.29 bits per heavy atom. The van der Waals surface area contributed by atoms with Crippen molar-refractivity contribution in [2.24, 2.45) is 13.0 Å². The van der Waals surface area contributed by atoms with Crippen LogP contribution in [-0.2, 0) is 18.3 Å². The molecule has 0 radical (unpaired) electrons. The zero-order valence-corrected chi connectivity index (χ0v) is 14.2. The average Bonchev–Trinajstić information content (AvgIpc) is 2.79. The minimum absolute atomic E-state index is 0.164. The number of ether oxygens (including phenoxy) is 1. The van der Waals surface area contributed by atoms with E-state index in [1.54, 1.807) is 0 Å². The van der Waals surface area contributed by atoms with Gasteiger partial charge in [-0.05, 0) is 44.9 Å². The third kappa shape index (κ3) is 7.65. The highest BCUT2D eigenvalue weighted by molar-refractivity contribution is 5.06. The summed E-state index contributed by atoms with van der Waals surface area (Å²) in [6.45, 7) is 11.4. The van der Waals surface area contributed by atoms with Crippen LogP contribution in [0.15, 0.2) is 18.3 Å². The molecule has 0 aliphatic rings. The Labute approximate surface area is 129 Å². The molecule has 0 aliphatic carbocycles. The molecule has 1 N–H and O–H groups in total. The topological polar surface area (TPSA) is 37.6 Å². The smallest absolute Gasteiger partial charge is 0.0900 e. The van der Waals surface area contributed by atoms with Crippen molar-refractivity contribution < 1.29 is 9.84 Å². The summed E-state index contributed by atoms with van der Waals surface area (Å²) >= 11 is 0. The molecule has 0 aromatic carbocycles.